The fraction of sp³-hybridized carbons (Fsp3) is 0.526. The summed E-state index contributed by atoms with van der Waals surface area (Å²) in [5, 5.41) is 8.36. The van der Waals surface area contributed by atoms with E-state index in [1.165, 1.54) is 16.7 Å². The summed E-state index contributed by atoms with van der Waals surface area (Å²) in [5.74, 6) is -0.253. The molecule has 26 heavy (non-hydrogen) atoms. The number of benzene rings is 1. The maximum absolute atomic E-state index is 13.0. The van der Waals surface area contributed by atoms with E-state index in [9.17, 15) is 14.4 Å². The van der Waals surface area contributed by atoms with Crippen LogP contribution >= 0.6 is 11.8 Å². The van der Waals surface area contributed by atoms with E-state index in [2.05, 4.69) is 0 Å². The van der Waals surface area contributed by atoms with Gasteiger partial charge in [0.1, 0.15) is 12.3 Å². The molecule has 1 unspecified atom stereocenters. The lowest BCUT2D eigenvalue weighted by atomic mass is 10.1. The Morgan fingerprint density at radius 1 is 1.19 bits per heavy atom. The standard InChI is InChI=1S/C19H24N2O4S/c22-11-5-6-14(23)12-17-19(25)21(13-18(24)20-9-3-4-10-20)15-7-1-2-8-16(15)26-17/h1-2,7-8,17,22H,3-6,9-13H2. The summed E-state index contributed by atoms with van der Waals surface area (Å²) < 4.78 is 0. The molecule has 1 saturated heterocycles. The number of carbonyl (C=O) groups excluding carboxylic acids is 3. The minimum Gasteiger partial charge on any atom is -0.396 e. The summed E-state index contributed by atoms with van der Waals surface area (Å²) in [6.45, 7) is 1.50. The number of thioether (sulfide) groups is 1. The molecule has 1 fully saturated rings. The lowest BCUT2D eigenvalue weighted by Crippen LogP contribution is -2.47. The third-order valence-corrected chi connectivity index (χ3v) is 6.00. The first kappa shape index (κ1) is 18.9. The summed E-state index contributed by atoms with van der Waals surface area (Å²) >= 11 is 1.39. The minimum atomic E-state index is -0.512. The van der Waals surface area contributed by atoms with Gasteiger partial charge in [-0.1, -0.05) is 12.1 Å². The van der Waals surface area contributed by atoms with E-state index in [1.807, 2.05) is 24.3 Å². The predicted octanol–water partition coefficient (Wildman–Crippen LogP) is 1.85. The second-order valence-electron chi connectivity index (χ2n) is 6.66. The number of anilines is 1. The molecule has 7 heteroatoms. The molecule has 2 aliphatic heterocycles. The summed E-state index contributed by atoms with van der Waals surface area (Å²) in [5.41, 5.74) is 0.745. The van der Waals surface area contributed by atoms with Crippen molar-refractivity contribution in [2.75, 3.05) is 31.1 Å². The zero-order chi connectivity index (χ0) is 18.5. The van der Waals surface area contributed by atoms with Gasteiger partial charge in [0.05, 0.1) is 10.9 Å². The van der Waals surface area contributed by atoms with E-state index >= 15 is 0 Å². The Morgan fingerprint density at radius 2 is 1.92 bits per heavy atom. The van der Waals surface area contributed by atoms with Gasteiger partial charge in [-0.15, -0.1) is 11.8 Å². The number of aliphatic hydroxyl groups is 1. The van der Waals surface area contributed by atoms with Crippen molar-refractivity contribution in [2.24, 2.45) is 0 Å². The Kier molecular flexibility index (Phi) is 6.32. The normalized spacial score (nSPS) is 19.6. The first-order valence-corrected chi connectivity index (χ1v) is 9.95. The van der Waals surface area contributed by atoms with E-state index in [1.54, 1.807) is 4.90 Å². The molecule has 6 nitrogen and oxygen atoms in total. The highest BCUT2D eigenvalue weighted by molar-refractivity contribution is 8.01. The molecule has 2 amide bonds. The molecule has 0 saturated carbocycles. The third kappa shape index (κ3) is 4.27. The van der Waals surface area contributed by atoms with Crippen LogP contribution in [0.5, 0.6) is 0 Å². The third-order valence-electron chi connectivity index (χ3n) is 4.75. The molecule has 2 heterocycles. The highest BCUT2D eigenvalue weighted by atomic mass is 32.2. The zero-order valence-corrected chi connectivity index (χ0v) is 15.5. The van der Waals surface area contributed by atoms with E-state index in [4.69, 9.17) is 5.11 Å². The van der Waals surface area contributed by atoms with E-state index in [0.29, 0.717) is 6.42 Å². The lowest BCUT2D eigenvalue weighted by molar-refractivity contribution is -0.130. The lowest BCUT2D eigenvalue weighted by Gasteiger charge is -2.34. The molecule has 140 valence electrons. The largest absolute Gasteiger partial charge is 0.396 e. The summed E-state index contributed by atoms with van der Waals surface area (Å²) in [6.07, 6.45) is 2.84. The van der Waals surface area contributed by atoms with Crippen LogP contribution in [-0.2, 0) is 14.4 Å². The number of hydrogen-bond acceptors (Lipinski definition) is 5. The molecule has 1 N–H and O–H groups in total. The highest BCUT2D eigenvalue weighted by Gasteiger charge is 2.36. The number of rotatable bonds is 7. The van der Waals surface area contributed by atoms with Crippen LogP contribution in [0.2, 0.25) is 0 Å². The second kappa shape index (κ2) is 8.68. The molecule has 3 rings (SSSR count). The van der Waals surface area contributed by atoms with Gasteiger partial charge >= 0.3 is 0 Å². The van der Waals surface area contributed by atoms with Gasteiger partial charge in [0, 0.05) is 37.4 Å². The van der Waals surface area contributed by atoms with Gasteiger partial charge in [-0.2, -0.15) is 0 Å². The fourth-order valence-corrected chi connectivity index (χ4v) is 4.61. The number of para-hydroxylation sites is 1. The number of carbonyl (C=O) groups is 3. The molecule has 2 aliphatic rings. The van der Waals surface area contributed by atoms with E-state index in [0.717, 1.165) is 36.5 Å². The number of likely N-dealkylation sites (tertiary alicyclic amines) is 1. The van der Waals surface area contributed by atoms with Gasteiger partial charge in [0.25, 0.3) is 0 Å². The van der Waals surface area contributed by atoms with Crippen molar-refractivity contribution >= 4 is 35.0 Å². The van der Waals surface area contributed by atoms with Crippen LogP contribution in [0.4, 0.5) is 5.69 Å². The van der Waals surface area contributed by atoms with Crippen LogP contribution in [0.25, 0.3) is 0 Å². The molecule has 0 aliphatic carbocycles. The highest BCUT2D eigenvalue weighted by Crippen LogP contribution is 2.40. The number of fused-ring (bicyclic) bond motifs is 1. The smallest absolute Gasteiger partial charge is 0.242 e. The van der Waals surface area contributed by atoms with Gasteiger partial charge in [0.2, 0.25) is 11.8 Å². The van der Waals surface area contributed by atoms with Gasteiger partial charge in [-0.05, 0) is 31.4 Å². The number of ketones is 1. The summed E-state index contributed by atoms with van der Waals surface area (Å²) in [7, 11) is 0. The Morgan fingerprint density at radius 3 is 2.65 bits per heavy atom. The SMILES string of the molecule is O=C(CCCO)CC1Sc2ccccc2N(CC(=O)N2CCCC2)C1=O. The quantitative estimate of drug-likeness (QED) is 0.786. The van der Waals surface area contributed by atoms with Crippen molar-refractivity contribution in [2.45, 2.75) is 42.2 Å². The van der Waals surface area contributed by atoms with Crippen molar-refractivity contribution < 1.29 is 19.5 Å². The number of aliphatic hydroxyl groups excluding tert-OH is 1. The average molecular weight is 376 g/mol. The number of amides is 2. The Labute approximate surface area is 157 Å². The maximum atomic E-state index is 13.0. The van der Waals surface area contributed by atoms with Crippen LogP contribution in [0, 0.1) is 0 Å². The molecule has 0 bridgehead atoms. The first-order valence-electron chi connectivity index (χ1n) is 9.07. The van der Waals surface area contributed by atoms with Crippen molar-refractivity contribution in [1.29, 1.82) is 0 Å². The predicted molar refractivity (Wildman–Crippen MR) is 100 cm³/mol. The van der Waals surface area contributed by atoms with Crippen LogP contribution < -0.4 is 4.90 Å². The van der Waals surface area contributed by atoms with Gasteiger partial charge in [-0.3, -0.25) is 14.4 Å². The molecular formula is C19H24N2O4S. The Bertz CT molecular complexity index is 688. The Balaban J connectivity index is 1.76. The van der Waals surface area contributed by atoms with Crippen LogP contribution in [-0.4, -0.2) is 59.1 Å². The molecule has 0 spiro atoms. The van der Waals surface area contributed by atoms with Gasteiger partial charge in [0.15, 0.2) is 0 Å². The minimum absolute atomic E-state index is 0.0255. The zero-order valence-electron chi connectivity index (χ0n) is 14.7. The molecule has 0 radical (unpaired) electrons. The van der Waals surface area contributed by atoms with Crippen molar-refractivity contribution in [3.05, 3.63) is 24.3 Å². The van der Waals surface area contributed by atoms with Crippen molar-refractivity contribution in [3.8, 4) is 0 Å². The first-order chi connectivity index (χ1) is 12.6. The van der Waals surface area contributed by atoms with Gasteiger partial charge in [-0.25, -0.2) is 0 Å². The summed E-state index contributed by atoms with van der Waals surface area (Å²) in [4.78, 5) is 41.9. The number of hydrogen-bond donors (Lipinski definition) is 1. The van der Waals surface area contributed by atoms with Gasteiger partial charge < -0.3 is 14.9 Å². The van der Waals surface area contributed by atoms with Crippen molar-refractivity contribution in [3.63, 3.8) is 0 Å². The topological polar surface area (TPSA) is 77.9 Å². The molecule has 1 aromatic rings. The average Bonchev–Trinajstić information content (AvgIpc) is 3.18. The number of nitrogens with zero attached hydrogens (tertiary/aromatic N) is 2. The Hall–Kier alpha value is -1.86. The molecular weight excluding hydrogens is 352 g/mol. The van der Waals surface area contributed by atoms with E-state index < -0.39 is 5.25 Å². The van der Waals surface area contributed by atoms with Crippen LogP contribution in [0.15, 0.2) is 29.2 Å². The molecule has 1 aromatic carbocycles. The molecule has 0 aromatic heterocycles. The number of Topliss-reactive ketones (excluding diaryl/α,β-unsaturated/α-hetero) is 1. The maximum Gasteiger partial charge on any atom is 0.242 e. The summed E-state index contributed by atoms with van der Waals surface area (Å²) in [6, 6.07) is 7.52. The van der Waals surface area contributed by atoms with E-state index in [-0.39, 0.29) is 43.6 Å². The van der Waals surface area contributed by atoms with Crippen molar-refractivity contribution in [1.82, 2.24) is 4.90 Å². The molecule has 1 atom stereocenters. The second-order valence-corrected chi connectivity index (χ2v) is 7.90. The van der Waals surface area contributed by atoms with Crippen LogP contribution in [0.1, 0.15) is 32.1 Å². The fourth-order valence-electron chi connectivity index (χ4n) is 3.35. The monoisotopic (exact) mass is 376 g/mol. The van der Waals surface area contributed by atoms with Crippen LogP contribution in [0.3, 0.4) is 0 Å².